The largest absolute Gasteiger partial charge is 0.486 e. The minimum Gasteiger partial charge on any atom is -0.486 e. The molecular formula is C13H9Br3FNO. The van der Waals surface area contributed by atoms with Crippen molar-refractivity contribution in [2.75, 3.05) is 5.73 Å². The number of benzene rings is 2. The zero-order valence-electron chi connectivity index (χ0n) is 9.59. The van der Waals surface area contributed by atoms with Crippen LogP contribution in [0, 0.1) is 5.82 Å². The Balaban J connectivity index is 2.21. The molecule has 0 unspecified atom stereocenters. The minimum absolute atomic E-state index is 0.249. The van der Waals surface area contributed by atoms with Crippen LogP contribution < -0.4 is 10.5 Å². The van der Waals surface area contributed by atoms with Crippen molar-refractivity contribution in [3.63, 3.8) is 0 Å². The van der Waals surface area contributed by atoms with Gasteiger partial charge in [-0.2, -0.15) is 0 Å². The van der Waals surface area contributed by atoms with Crippen LogP contribution in [0.25, 0.3) is 0 Å². The zero-order valence-corrected chi connectivity index (χ0v) is 14.3. The Morgan fingerprint density at radius 1 is 1.00 bits per heavy atom. The van der Waals surface area contributed by atoms with Crippen molar-refractivity contribution in [3.8, 4) is 5.75 Å². The van der Waals surface area contributed by atoms with Gasteiger partial charge >= 0.3 is 0 Å². The zero-order chi connectivity index (χ0) is 14.0. The SMILES string of the molecule is Nc1cc(Br)c(OCc2cc(F)ccc2Br)c(Br)c1. The highest BCUT2D eigenvalue weighted by atomic mass is 79.9. The third kappa shape index (κ3) is 3.70. The topological polar surface area (TPSA) is 35.2 Å². The lowest BCUT2D eigenvalue weighted by atomic mass is 10.2. The van der Waals surface area contributed by atoms with Crippen LogP contribution in [0.15, 0.2) is 43.7 Å². The van der Waals surface area contributed by atoms with Crippen LogP contribution in [0.3, 0.4) is 0 Å². The smallest absolute Gasteiger partial charge is 0.148 e. The van der Waals surface area contributed by atoms with Gasteiger partial charge in [-0.25, -0.2) is 4.39 Å². The fourth-order valence-electron chi connectivity index (χ4n) is 1.52. The molecule has 6 heteroatoms. The highest BCUT2D eigenvalue weighted by Crippen LogP contribution is 2.36. The summed E-state index contributed by atoms with van der Waals surface area (Å²) < 4.78 is 21.2. The van der Waals surface area contributed by atoms with E-state index in [0.29, 0.717) is 11.4 Å². The number of anilines is 1. The molecule has 0 radical (unpaired) electrons. The molecule has 2 aromatic carbocycles. The fraction of sp³-hybridized carbons (Fsp3) is 0.0769. The summed E-state index contributed by atoms with van der Waals surface area (Å²) in [5, 5.41) is 0. The second kappa shape index (κ2) is 6.24. The third-order valence-corrected chi connectivity index (χ3v) is 4.35. The first-order chi connectivity index (χ1) is 8.97. The first-order valence-corrected chi connectivity index (χ1v) is 7.66. The number of halogens is 4. The standard InChI is InChI=1S/C13H9Br3FNO/c14-10-2-1-8(17)3-7(10)6-19-13-11(15)4-9(18)5-12(13)16/h1-5H,6,18H2. The maximum Gasteiger partial charge on any atom is 0.148 e. The van der Waals surface area contributed by atoms with Gasteiger partial charge in [0.05, 0.1) is 8.95 Å². The summed E-state index contributed by atoms with van der Waals surface area (Å²) in [6.07, 6.45) is 0. The lowest BCUT2D eigenvalue weighted by Gasteiger charge is -2.12. The van der Waals surface area contributed by atoms with E-state index < -0.39 is 0 Å². The molecule has 2 N–H and O–H groups in total. The van der Waals surface area contributed by atoms with Crippen molar-refractivity contribution in [2.45, 2.75) is 6.61 Å². The van der Waals surface area contributed by atoms with Gasteiger partial charge in [-0.15, -0.1) is 0 Å². The van der Waals surface area contributed by atoms with Gasteiger partial charge in [-0.05, 0) is 62.2 Å². The number of nitrogens with two attached hydrogens (primary N) is 1. The molecule has 0 fully saturated rings. The summed E-state index contributed by atoms with van der Waals surface area (Å²) in [6, 6.07) is 7.98. The maximum absolute atomic E-state index is 13.2. The molecule has 0 aliphatic carbocycles. The second-order valence-corrected chi connectivity index (χ2v) is 6.40. The van der Waals surface area contributed by atoms with E-state index in [-0.39, 0.29) is 12.4 Å². The van der Waals surface area contributed by atoms with E-state index in [4.69, 9.17) is 10.5 Å². The number of rotatable bonds is 3. The predicted molar refractivity (Wildman–Crippen MR) is 84.7 cm³/mol. The van der Waals surface area contributed by atoms with Crippen LogP contribution in [0.1, 0.15) is 5.56 Å². The summed E-state index contributed by atoms with van der Waals surface area (Å²) in [7, 11) is 0. The fourth-order valence-corrected chi connectivity index (χ4v) is 3.33. The average molecular weight is 454 g/mol. The molecule has 0 heterocycles. The minimum atomic E-state index is -0.294. The summed E-state index contributed by atoms with van der Waals surface area (Å²) in [5.41, 5.74) is 7.06. The summed E-state index contributed by atoms with van der Waals surface area (Å²) in [4.78, 5) is 0. The molecule has 0 amide bonds. The van der Waals surface area contributed by atoms with Gasteiger partial charge < -0.3 is 10.5 Å². The number of hydrogen-bond donors (Lipinski definition) is 1. The molecule has 19 heavy (non-hydrogen) atoms. The van der Waals surface area contributed by atoms with Crippen molar-refractivity contribution in [3.05, 3.63) is 55.1 Å². The van der Waals surface area contributed by atoms with E-state index in [1.165, 1.54) is 12.1 Å². The molecule has 2 rings (SSSR count). The van der Waals surface area contributed by atoms with Crippen LogP contribution in [0.5, 0.6) is 5.75 Å². The van der Waals surface area contributed by atoms with Crippen molar-refractivity contribution in [1.29, 1.82) is 0 Å². The number of hydrogen-bond acceptors (Lipinski definition) is 2. The predicted octanol–water partition coefficient (Wildman–Crippen LogP) is 5.27. The van der Waals surface area contributed by atoms with E-state index in [1.807, 2.05) is 0 Å². The van der Waals surface area contributed by atoms with Crippen molar-refractivity contribution < 1.29 is 9.13 Å². The van der Waals surface area contributed by atoms with Crippen molar-refractivity contribution in [1.82, 2.24) is 0 Å². The van der Waals surface area contributed by atoms with Gasteiger partial charge in [0.25, 0.3) is 0 Å². The van der Waals surface area contributed by atoms with Gasteiger partial charge in [-0.1, -0.05) is 15.9 Å². The van der Waals surface area contributed by atoms with Crippen molar-refractivity contribution in [2.24, 2.45) is 0 Å². The van der Waals surface area contributed by atoms with E-state index in [1.54, 1.807) is 18.2 Å². The summed E-state index contributed by atoms with van der Waals surface area (Å²) >= 11 is 10.1. The first-order valence-electron chi connectivity index (χ1n) is 5.28. The highest BCUT2D eigenvalue weighted by molar-refractivity contribution is 9.11. The number of ether oxygens (including phenoxy) is 1. The molecule has 0 aliphatic rings. The van der Waals surface area contributed by atoms with Gasteiger partial charge in [0, 0.05) is 15.7 Å². The van der Waals surface area contributed by atoms with E-state index in [0.717, 1.165) is 19.0 Å². The van der Waals surface area contributed by atoms with E-state index in [2.05, 4.69) is 47.8 Å². The molecule has 0 atom stereocenters. The second-order valence-electron chi connectivity index (χ2n) is 3.84. The quantitative estimate of drug-likeness (QED) is 0.642. The van der Waals surface area contributed by atoms with Crippen molar-refractivity contribution >= 4 is 53.5 Å². The van der Waals surface area contributed by atoms with Gasteiger partial charge in [0.1, 0.15) is 18.2 Å². The third-order valence-electron chi connectivity index (χ3n) is 2.40. The molecule has 0 saturated carbocycles. The lowest BCUT2D eigenvalue weighted by Crippen LogP contribution is -1.99. The molecule has 100 valence electrons. The van der Waals surface area contributed by atoms with Crippen LogP contribution in [-0.4, -0.2) is 0 Å². The lowest BCUT2D eigenvalue weighted by molar-refractivity contribution is 0.301. The van der Waals surface area contributed by atoms with E-state index in [9.17, 15) is 4.39 Å². The van der Waals surface area contributed by atoms with E-state index >= 15 is 0 Å². The molecule has 0 saturated heterocycles. The molecule has 0 aromatic heterocycles. The monoisotopic (exact) mass is 451 g/mol. The molecule has 2 aromatic rings. The van der Waals surface area contributed by atoms with Gasteiger partial charge in [0.2, 0.25) is 0 Å². The molecule has 0 spiro atoms. The number of nitrogen functional groups attached to an aromatic ring is 1. The van der Waals surface area contributed by atoms with Gasteiger partial charge in [0.15, 0.2) is 0 Å². The average Bonchev–Trinajstić information content (AvgIpc) is 2.32. The highest BCUT2D eigenvalue weighted by Gasteiger charge is 2.10. The van der Waals surface area contributed by atoms with Crippen LogP contribution in [-0.2, 0) is 6.61 Å². The molecule has 2 nitrogen and oxygen atoms in total. The Hall–Kier alpha value is -0.590. The van der Waals surface area contributed by atoms with Crippen LogP contribution in [0.4, 0.5) is 10.1 Å². The molecular weight excluding hydrogens is 445 g/mol. The van der Waals surface area contributed by atoms with Crippen LogP contribution in [0.2, 0.25) is 0 Å². The Morgan fingerprint density at radius 2 is 1.63 bits per heavy atom. The first kappa shape index (κ1) is 14.8. The Kier molecular flexibility index (Phi) is 4.86. The Morgan fingerprint density at radius 3 is 2.26 bits per heavy atom. The Labute approximate surface area is 135 Å². The Bertz CT molecular complexity index is 596. The summed E-state index contributed by atoms with van der Waals surface area (Å²) in [6.45, 7) is 0.249. The summed E-state index contributed by atoms with van der Waals surface area (Å²) in [5.74, 6) is 0.336. The maximum atomic E-state index is 13.2. The molecule has 0 aliphatic heterocycles. The van der Waals surface area contributed by atoms with Gasteiger partial charge in [-0.3, -0.25) is 0 Å². The normalized spacial score (nSPS) is 10.5. The van der Waals surface area contributed by atoms with Crippen LogP contribution >= 0.6 is 47.8 Å². The molecule has 0 bridgehead atoms.